The van der Waals surface area contributed by atoms with Crippen molar-refractivity contribution in [1.29, 1.82) is 0 Å². The maximum absolute atomic E-state index is 11.7. The predicted molar refractivity (Wildman–Crippen MR) is 65.4 cm³/mol. The average molecular weight is 249 g/mol. The van der Waals surface area contributed by atoms with Crippen LogP contribution < -0.4 is 15.0 Å². The molecule has 1 aliphatic heterocycles. The monoisotopic (exact) mass is 249 g/mol. The summed E-state index contributed by atoms with van der Waals surface area (Å²) in [7, 11) is 0. The molecular weight excluding hydrogens is 234 g/mol. The Hall–Kier alpha value is -2.11. The summed E-state index contributed by atoms with van der Waals surface area (Å²) in [5.41, 5.74) is 0. The number of carbonyl (C=O) groups is 2. The van der Waals surface area contributed by atoms with Crippen molar-refractivity contribution in [2.24, 2.45) is 0 Å². The van der Waals surface area contributed by atoms with Gasteiger partial charge in [0.2, 0.25) is 5.91 Å². The molecule has 6 nitrogen and oxygen atoms in total. The van der Waals surface area contributed by atoms with Crippen LogP contribution >= 0.6 is 0 Å². The van der Waals surface area contributed by atoms with E-state index in [0.717, 1.165) is 6.42 Å². The van der Waals surface area contributed by atoms with E-state index in [2.05, 4.69) is 10.3 Å². The first-order chi connectivity index (χ1) is 8.72. The normalized spacial score (nSPS) is 13.8. The molecule has 6 heteroatoms. The molecule has 0 unspecified atom stereocenters. The fourth-order valence-corrected chi connectivity index (χ4v) is 1.66. The number of aromatic nitrogens is 1. The molecule has 1 N–H and O–H groups in total. The number of fused-ring (bicyclic) bond motifs is 1. The number of hydrogen-bond acceptors (Lipinski definition) is 4. The molecule has 0 bridgehead atoms. The molecule has 1 aromatic rings. The Bertz CT molecular complexity index is 462. The molecule has 1 aromatic heterocycles. The minimum Gasteiger partial charge on any atom is -0.480 e. The van der Waals surface area contributed by atoms with E-state index in [0.29, 0.717) is 18.1 Å². The molecule has 0 aliphatic carbocycles. The number of pyridine rings is 1. The zero-order chi connectivity index (χ0) is 13.0. The van der Waals surface area contributed by atoms with E-state index in [9.17, 15) is 9.59 Å². The Balaban J connectivity index is 2.12. The lowest BCUT2D eigenvalue weighted by molar-refractivity contribution is -0.125. The first-order valence-electron chi connectivity index (χ1n) is 5.87. The van der Waals surface area contributed by atoms with Gasteiger partial charge in [0.15, 0.2) is 18.2 Å². The fraction of sp³-hybridized carbons (Fsp3) is 0.417. The second-order valence-corrected chi connectivity index (χ2v) is 3.94. The van der Waals surface area contributed by atoms with Gasteiger partial charge in [-0.1, -0.05) is 6.92 Å². The van der Waals surface area contributed by atoms with Crippen molar-refractivity contribution in [3.8, 4) is 5.75 Å². The zero-order valence-electron chi connectivity index (χ0n) is 10.2. The van der Waals surface area contributed by atoms with Crippen LogP contribution in [0.3, 0.4) is 0 Å². The van der Waals surface area contributed by atoms with Crippen molar-refractivity contribution < 1.29 is 14.3 Å². The number of nitrogens with zero attached hydrogens (tertiary/aromatic N) is 2. The molecule has 0 aromatic carbocycles. The Morgan fingerprint density at radius 2 is 2.44 bits per heavy atom. The Morgan fingerprint density at radius 3 is 3.22 bits per heavy atom. The Labute approximate surface area is 105 Å². The number of nitrogens with one attached hydrogen (secondary N) is 1. The van der Waals surface area contributed by atoms with E-state index in [4.69, 9.17) is 4.74 Å². The van der Waals surface area contributed by atoms with Gasteiger partial charge >= 0.3 is 0 Å². The minimum atomic E-state index is -0.257. The molecule has 0 radical (unpaired) electrons. The van der Waals surface area contributed by atoms with Gasteiger partial charge in [-0.2, -0.15) is 0 Å². The number of hydrogen-bond donors (Lipinski definition) is 1. The van der Waals surface area contributed by atoms with Crippen LogP contribution in [0, 0.1) is 0 Å². The fourth-order valence-electron chi connectivity index (χ4n) is 1.66. The second-order valence-electron chi connectivity index (χ2n) is 3.94. The molecule has 0 saturated carbocycles. The van der Waals surface area contributed by atoms with E-state index in [1.165, 1.54) is 4.90 Å². The summed E-state index contributed by atoms with van der Waals surface area (Å²) in [5.74, 6) is 0.484. The van der Waals surface area contributed by atoms with Gasteiger partial charge in [0.05, 0.1) is 0 Å². The highest BCUT2D eigenvalue weighted by molar-refractivity contribution is 6.01. The summed E-state index contributed by atoms with van der Waals surface area (Å²) < 4.78 is 5.24. The molecular formula is C12H15N3O3. The lowest BCUT2D eigenvalue weighted by Crippen LogP contribution is -2.45. The predicted octanol–water partition coefficient (Wildman–Crippen LogP) is 0.333. The lowest BCUT2D eigenvalue weighted by atomic mass is 10.3. The maximum Gasteiger partial charge on any atom is 0.266 e. The lowest BCUT2D eigenvalue weighted by Gasteiger charge is -2.27. The third kappa shape index (κ3) is 2.58. The van der Waals surface area contributed by atoms with E-state index >= 15 is 0 Å². The van der Waals surface area contributed by atoms with Crippen molar-refractivity contribution >= 4 is 17.6 Å². The third-order valence-electron chi connectivity index (χ3n) is 2.53. The molecule has 0 saturated heterocycles. The molecule has 2 rings (SSSR count). The highest BCUT2D eigenvalue weighted by Gasteiger charge is 2.28. The van der Waals surface area contributed by atoms with Gasteiger partial charge in [0, 0.05) is 12.7 Å². The van der Waals surface area contributed by atoms with Crippen molar-refractivity contribution in [2.75, 3.05) is 24.6 Å². The molecule has 0 fully saturated rings. The summed E-state index contributed by atoms with van der Waals surface area (Å²) in [6.07, 6.45) is 2.43. The first-order valence-corrected chi connectivity index (χ1v) is 5.87. The van der Waals surface area contributed by atoms with Crippen LogP contribution in [0.25, 0.3) is 0 Å². The van der Waals surface area contributed by atoms with E-state index < -0.39 is 0 Å². The molecule has 2 heterocycles. The number of rotatable bonds is 4. The van der Waals surface area contributed by atoms with Crippen LogP contribution in [0.15, 0.2) is 18.3 Å². The summed E-state index contributed by atoms with van der Waals surface area (Å²) >= 11 is 0. The molecule has 96 valence electrons. The van der Waals surface area contributed by atoms with Gasteiger partial charge in [0.1, 0.15) is 6.54 Å². The van der Waals surface area contributed by atoms with Crippen LogP contribution in [0.4, 0.5) is 5.82 Å². The van der Waals surface area contributed by atoms with Crippen LogP contribution in [0.2, 0.25) is 0 Å². The summed E-state index contributed by atoms with van der Waals surface area (Å²) in [5, 5.41) is 2.73. The van der Waals surface area contributed by atoms with E-state index in [-0.39, 0.29) is 25.0 Å². The molecule has 2 amide bonds. The zero-order valence-corrected chi connectivity index (χ0v) is 10.2. The Kier molecular flexibility index (Phi) is 3.76. The van der Waals surface area contributed by atoms with Gasteiger partial charge in [-0.15, -0.1) is 0 Å². The highest BCUT2D eigenvalue weighted by Crippen LogP contribution is 2.28. The van der Waals surface area contributed by atoms with Crippen molar-refractivity contribution in [2.45, 2.75) is 13.3 Å². The van der Waals surface area contributed by atoms with Gasteiger partial charge in [-0.3, -0.25) is 14.5 Å². The summed E-state index contributed by atoms with van der Waals surface area (Å²) in [6, 6.07) is 3.45. The van der Waals surface area contributed by atoms with E-state index in [1.54, 1.807) is 18.3 Å². The maximum atomic E-state index is 11.7. The van der Waals surface area contributed by atoms with Crippen LogP contribution in [-0.2, 0) is 9.59 Å². The van der Waals surface area contributed by atoms with Crippen LogP contribution in [-0.4, -0.2) is 36.5 Å². The number of anilines is 1. The first kappa shape index (κ1) is 12.3. The minimum absolute atomic E-state index is 0.0216. The number of amides is 2. The molecule has 0 spiro atoms. The smallest absolute Gasteiger partial charge is 0.266 e. The van der Waals surface area contributed by atoms with Gasteiger partial charge in [-0.25, -0.2) is 4.98 Å². The molecule has 0 atom stereocenters. The standard InChI is InChI=1S/C12H15N3O3/c1-2-5-13-10(16)7-15-11(17)8-18-9-4-3-6-14-12(9)15/h3-4,6H,2,5,7-8H2,1H3,(H,13,16). The van der Waals surface area contributed by atoms with E-state index in [1.807, 2.05) is 6.92 Å². The summed E-state index contributed by atoms with van der Waals surface area (Å²) in [4.78, 5) is 28.8. The largest absolute Gasteiger partial charge is 0.480 e. The third-order valence-corrected chi connectivity index (χ3v) is 2.53. The number of ether oxygens (including phenoxy) is 1. The molecule has 1 aliphatic rings. The van der Waals surface area contributed by atoms with Gasteiger partial charge < -0.3 is 10.1 Å². The van der Waals surface area contributed by atoms with Gasteiger partial charge in [0.25, 0.3) is 5.91 Å². The van der Waals surface area contributed by atoms with Crippen LogP contribution in [0.5, 0.6) is 5.75 Å². The van der Waals surface area contributed by atoms with Crippen molar-refractivity contribution in [3.05, 3.63) is 18.3 Å². The van der Waals surface area contributed by atoms with Crippen molar-refractivity contribution in [1.82, 2.24) is 10.3 Å². The van der Waals surface area contributed by atoms with Crippen LogP contribution in [0.1, 0.15) is 13.3 Å². The van der Waals surface area contributed by atoms with Crippen molar-refractivity contribution in [3.63, 3.8) is 0 Å². The average Bonchev–Trinajstić information content (AvgIpc) is 2.40. The second kappa shape index (κ2) is 5.48. The SMILES string of the molecule is CCCNC(=O)CN1C(=O)COc2cccnc21. The highest BCUT2D eigenvalue weighted by atomic mass is 16.5. The van der Waals surface area contributed by atoms with Gasteiger partial charge in [-0.05, 0) is 18.6 Å². The Morgan fingerprint density at radius 1 is 1.61 bits per heavy atom. The quantitative estimate of drug-likeness (QED) is 0.835. The topological polar surface area (TPSA) is 71.5 Å². The molecule has 18 heavy (non-hydrogen) atoms. The number of carbonyl (C=O) groups excluding carboxylic acids is 2. The summed E-state index contributed by atoms with van der Waals surface area (Å²) in [6.45, 7) is 2.50.